The average Bonchev–Trinajstić information content (AvgIpc) is 2.67. The zero-order valence-corrected chi connectivity index (χ0v) is 12.0. The van der Waals surface area contributed by atoms with E-state index in [4.69, 9.17) is 16.0 Å². The molecule has 2 nitrogen and oxygen atoms in total. The Morgan fingerprint density at radius 3 is 2.84 bits per heavy atom. The lowest BCUT2D eigenvalue weighted by Gasteiger charge is -2.22. The van der Waals surface area contributed by atoms with Gasteiger partial charge in [0.25, 0.3) is 0 Å². The summed E-state index contributed by atoms with van der Waals surface area (Å²) in [5, 5.41) is 5.34. The molecule has 1 aliphatic carbocycles. The van der Waals surface area contributed by atoms with Gasteiger partial charge >= 0.3 is 0 Å². The molecule has 0 amide bonds. The number of halogens is 1. The molecule has 1 saturated carbocycles. The van der Waals surface area contributed by atoms with Gasteiger partial charge in [-0.15, -0.1) is 0 Å². The third-order valence-corrected chi connectivity index (χ3v) is 4.48. The van der Waals surface area contributed by atoms with E-state index in [-0.39, 0.29) is 0 Å². The molecule has 1 aromatic carbocycles. The van der Waals surface area contributed by atoms with E-state index in [1.807, 2.05) is 18.2 Å². The van der Waals surface area contributed by atoms with E-state index < -0.39 is 0 Å². The van der Waals surface area contributed by atoms with Crippen LogP contribution in [0.4, 0.5) is 0 Å². The fourth-order valence-electron chi connectivity index (χ4n) is 3.21. The van der Waals surface area contributed by atoms with Gasteiger partial charge in [0.2, 0.25) is 0 Å². The van der Waals surface area contributed by atoms with Gasteiger partial charge in [0, 0.05) is 22.4 Å². The molecule has 1 N–H and O–H groups in total. The number of rotatable bonds is 2. The molecule has 0 bridgehead atoms. The summed E-state index contributed by atoms with van der Waals surface area (Å²) >= 11 is 6.04. The van der Waals surface area contributed by atoms with Gasteiger partial charge in [-0.2, -0.15) is 0 Å². The molecule has 0 saturated heterocycles. The highest BCUT2D eigenvalue weighted by molar-refractivity contribution is 6.31. The van der Waals surface area contributed by atoms with Gasteiger partial charge in [-0.05, 0) is 44.2 Å². The number of nitrogens with one attached hydrogen (secondary N) is 1. The van der Waals surface area contributed by atoms with Crippen LogP contribution in [-0.2, 0) is 0 Å². The monoisotopic (exact) mass is 277 g/mol. The summed E-state index contributed by atoms with van der Waals surface area (Å²) in [6, 6.07) is 8.53. The van der Waals surface area contributed by atoms with E-state index >= 15 is 0 Å². The van der Waals surface area contributed by atoms with Crippen molar-refractivity contribution in [3.05, 3.63) is 35.0 Å². The number of likely N-dealkylation sites (N-methyl/N-ethyl adjacent to an activating group) is 1. The lowest BCUT2D eigenvalue weighted by Crippen LogP contribution is -2.30. The molecule has 3 rings (SSSR count). The van der Waals surface area contributed by atoms with Gasteiger partial charge in [-0.25, -0.2) is 0 Å². The van der Waals surface area contributed by atoms with Crippen LogP contribution in [0.15, 0.2) is 28.7 Å². The van der Waals surface area contributed by atoms with E-state index in [9.17, 15) is 0 Å². The molecule has 1 aromatic heterocycles. The Morgan fingerprint density at radius 2 is 2.00 bits per heavy atom. The summed E-state index contributed by atoms with van der Waals surface area (Å²) in [6.07, 6.45) is 6.38. The van der Waals surface area contributed by atoms with E-state index in [1.54, 1.807) is 0 Å². The highest BCUT2D eigenvalue weighted by atomic mass is 35.5. The van der Waals surface area contributed by atoms with E-state index in [0.29, 0.717) is 12.0 Å². The van der Waals surface area contributed by atoms with Crippen molar-refractivity contribution in [3.8, 4) is 0 Å². The molecule has 1 heterocycles. The first-order valence-electron chi connectivity index (χ1n) is 7.14. The molecule has 3 heteroatoms. The predicted octanol–water partition coefficient (Wildman–Crippen LogP) is 4.72. The van der Waals surface area contributed by atoms with Gasteiger partial charge in [-0.1, -0.05) is 30.9 Å². The highest BCUT2D eigenvalue weighted by Gasteiger charge is 2.26. The summed E-state index contributed by atoms with van der Waals surface area (Å²) in [7, 11) is 2.06. The fraction of sp³-hybridized carbons (Fsp3) is 0.500. The van der Waals surface area contributed by atoms with Crippen LogP contribution in [0.5, 0.6) is 0 Å². The van der Waals surface area contributed by atoms with Crippen LogP contribution in [-0.4, -0.2) is 13.1 Å². The van der Waals surface area contributed by atoms with Crippen LogP contribution in [0.25, 0.3) is 11.0 Å². The fourth-order valence-corrected chi connectivity index (χ4v) is 3.39. The second-order valence-corrected chi connectivity index (χ2v) is 5.91. The molecule has 19 heavy (non-hydrogen) atoms. The number of furan rings is 1. The third-order valence-electron chi connectivity index (χ3n) is 4.25. The van der Waals surface area contributed by atoms with Crippen LogP contribution < -0.4 is 5.32 Å². The van der Waals surface area contributed by atoms with Crippen LogP contribution in [0.1, 0.15) is 43.8 Å². The smallest absolute Gasteiger partial charge is 0.134 e. The van der Waals surface area contributed by atoms with Gasteiger partial charge in [-0.3, -0.25) is 0 Å². The Hall–Kier alpha value is -0.990. The largest absolute Gasteiger partial charge is 0.461 e. The van der Waals surface area contributed by atoms with Crippen molar-refractivity contribution in [2.45, 2.75) is 44.1 Å². The molecule has 2 aromatic rings. The predicted molar refractivity (Wildman–Crippen MR) is 79.9 cm³/mol. The number of hydrogen-bond acceptors (Lipinski definition) is 2. The van der Waals surface area contributed by atoms with E-state index in [1.165, 1.54) is 32.1 Å². The van der Waals surface area contributed by atoms with Gasteiger partial charge in [0.05, 0.1) is 0 Å². The summed E-state index contributed by atoms with van der Waals surface area (Å²) < 4.78 is 6.05. The quantitative estimate of drug-likeness (QED) is 0.804. The highest BCUT2D eigenvalue weighted by Crippen LogP contribution is 2.35. The van der Waals surface area contributed by atoms with Crippen molar-refractivity contribution >= 4 is 22.6 Å². The van der Waals surface area contributed by atoms with Gasteiger partial charge in [0.1, 0.15) is 11.3 Å². The van der Waals surface area contributed by atoms with Crippen molar-refractivity contribution in [3.63, 3.8) is 0 Å². The zero-order valence-electron chi connectivity index (χ0n) is 11.3. The van der Waals surface area contributed by atoms with Crippen molar-refractivity contribution in [1.29, 1.82) is 0 Å². The maximum Gasteiger partial charge on any atom is 0.134 e. The Bertz CT molecular complexity index is 563. The summed E-state index contributed by atoms with van der Waals surface area (Å²) in [5.74, 6) is 1.59. The number of benzene rings is 1. The summed E-state index contributed by atoms with van der Waals surface area (Å²) in [5.41, 5.74) is 0.943. The first-order valence-corrected chi connectivity index (χ1v) is 7.52. The SMILES string of the molecule is CNC1CCCCCC1c1cc2cc(Cl)ccc2o1. The molecule has 0 radical (unpaired) electrons. The zero-order chi connectivity index (χ0) is 13.2. The first kappa shape index (κ1) is 13.0. The van der Waals surface area contributed by atoms with Gasteiger partial charge in [0.15, 0.2) is 0 Å². The van der Waals surface area contributed by atoms with Crippen LogP contribution in [0.3, 0.4) is 0 Å². The number of fused-ring (bicyclic) bond motifs is 1. The second kappa shape index (κ2) is 5.56. The minimum atomic E-state index is 0.485. The van der Waals surface area contributed by atoms with E-state index in [2.05, 4.69) is 18.4 Å². The van der Waals surface area contributed by atoms with Gasteiger partial charge < -0.3 is 9.73 Å². The first-order chi connectivity index (χ1) is 9.28. The molecule has 0 aliphatic heterocycles. The lowest BCUT2D eigenvalue weighted by atomic mass is 9.92. The van der Waals surface area contributed by atoms with Crippen molar-refractivity contribution in [1.82, 2.24) is 5.32 Å². The minimum absolute atomic E-state index is 0.485. The van der Waals surface area contributed by atoms with E-state index in [0.717, 1.165) is 21.8 Å². The molecule has 1 fully saturated rings. The molecule has 0 spiro atoms. The Labute approximate surface area is 119 Å². The minimum Gasteiger partial charge on any atom is -0.461 e. The van der Waals surface area contributed by atoms with Crippen molar-refractivity contribution in [2.24, 2.45) is 0 Å². The van der Waals surface area contributed by atoms with Crippen LogP contribution in [0, 0.1) is 0 Å². The van der Waals surface area contributed by atoms with Crippen molar-refractivity contribution < 1.29 is 4.42 Å². The van der Waals surface area contributed by atoms with Crippen LogP contribution >= 0.6 is 11.6 Å². The topological polar surface area (TPSA) is 25.2 Å². The molecular formula is C16H20ClNO. The standard InChI is InChI=1S/C16H20ClNO/c1-18-14-6-4-2-3-5-13(14)16-10-11-9-12(17)7-8-15(11)19-16/h7-10,13-14,18H,2-6H2,1H3. The summed E-state index contributed by atoms with van der Waals surface area (Å²) in [6.45, 7) is 0. The lowest BCUT2D eigenvalue weighted by molar-refractivity contribution is 0.381. The molecule has 2 unspecified atom stereocenters. The molecule has 2 atom stereocenters. The normalized spacial score (nSPS) is 24.5. The number of hydrogen-bond donors (Lipinski definition) is 1. The van der Waals surface area contributed by atoms with Crippen molar-refractivity contribution in [2.75, 3.05) is 7.05 Å². The maximum absolute atomic E-state index is 6.05. The third kappa shape index (κ3) is 2.65. The molecular weight excluding hydrogens is 258 g/mol. The molecule has 1 aliphatic rings. The maximum atomic E-state index is 6.05. The second-order valence-electron chi connectivity index (χ2n) is 5.47. The Kier molecular flexibility index (Phi) is 3.81. The Balaban J connectivity index is 1.96. The Morgan fingerprint density at radius 1 is 1.16 bits per heavy atom. The van der Waals surface area contributed by atoms with Crippen LogP contribution in [0.2, 0.25) is 5.02 Å². The average molecular weight is 278 g/mol. The summed E-state index contributed by atoms with van der Waals surface area (Å²) in [4.78, 5) is 0. The molecule has 102 valence electrons.